The second kappa shape index (κ2) is 10.2. The van der Waals surface area contributed by atoms with Gasteiger partial charge in [-0.2, -0.15) is 0 Å². The summed E-state index contributed by atoms with van der Waals surface area (Å²) in [6, 6.07) is 4.83. The largest absolute Gasteiger partial charge is 0.383 e. The maximum absolute atomic E-state index is 12.7. The van der Waals surface area contributed by atoms with Crippen LogP contribution in [0.4, 0.5) is 0 Å². The quantitative estimate of drug-likeness (QED) is 0.729. The molecule has 27 heavy (non-hydrogen) atoms. The summed E-state index contributed by atoms with van der Waals surface area (Å²) in [7, 11) is 3.58. The number of carbonyl (C=O) groups is 1. The van der Waals surface area contributed by atoms with Crippen molar-refractivity contribution in [2.45, 2.75) is 38.3 Å². The Labute approximate surface area is 163 Å². The lowest BCUT2D eigenvalue weighted by molar-refractivity contribution is -0.137. The van der Waals surface area contributed by atoms with Gasteiger partial charge >= 0.3 is 0 Å². The molecular weight excluding hydrogens is 340 g/mol. The molecule has 3 rings (SSSR count). The molecule has 1 unspecified atom stereocenters. The van der Waals surface area contributed by atoms with E-state index in [0.29, 0.717) is 19.2 Å². The molecule has 6 nitrogen and oxygen atoms in total. The summed E-state index contributed by atoms with van der Waals surface area (Å²) in [5, 5.41) is 0. The number of amides is 1. The Balaban J connectivity index is 1.46. The predicted molar refractivity (Wildman–Crippen MR) is 106 cm³/mol. The monoisotopic (exact) mass is 374 g/mol. The average molecular weight is 375 g/mol. The first-order valence-corrected chi connectivity index (χ1v) is 10.3. The number of carbonyl (C=O) groups excluding carboxylic acids is 1. The van der Waals surface area contributed by atoms with Crippen LogP contribution in [0.25, 0.3) is 0 Å². The molecule has 0 bridgehead atoms. The van der Waals surface area contributed by atoms with Crippen molar-refractivity contribution in [3.63, 3.8) is 0 Å². The van der Waals surface area contributed by atoms with Crippen LogP contribution in [-0.4, -0.2) is 85.1 Å². The van der Waals surface area contributed by atoms with E-state index in [-0.39, 0.29) is 11.8 Å². The summed E-state index contributed by atoms with van der Waals surface area (Å²) in [5.74, 6) is 0.433. The summed E-state index contributed by atoms with van der Waals surface area (Å²) in [6.07, 6.45) is 8.30. The number of likely N-dealkylation sites (N-methyl/N-ethyl adjacent to an activating group) is 1. The highest BCUT2D eigenvalue weighted by atomic mass is 16.5. The number of hydrogen-bond donors (Lipinski definition) is 0. The normalized spacial score (nSPS) is 22.7. The molecule has 0 spiro atoms. The molecule has 6 heteroatoms. The topological polar surface area (TPSA) is 48.9 Å². The molecule has 2 aliphatic rings. The number of likely N-dealkylation sites (tertiary alicyclic amines) is 2. The van der Waals surface area contributed by atoms with Crippen molar-refractivity contribution in [1.82, 2.24) is 19.7 Å². The zero-order valence-corrected chi connectivity index (χ0v) is 16.8. The SMILES string of the molecule is COCCN(C)C(=O)C1CCCN(C2CCN(Cc3ccncc3)CC2)C1. The number of aromatic nitrogens is 1. The zero-order valence-electron chi connectivity index (χ0n) is 16.8. The Kier molecular flexibility index (Phi) is 7.61. The van der Waals surface area contributed by atoms with E-state index in [1.54, 1.807) is 7.11 Å². The minimum atomic E-state index is 0.149. The Morgan fingerprint density at radius 2 is 1.96 bits per heavy atom. The van der Waals surface area contributed by atoms with E-state index in [1.165, 1.54) is 18.4 Å². The Morgan fingerprint density at radius 1 is 1.22 bits per heavy atom. The lowest BCUT2D eigenvalue weighted by atomic mass is 9.93. The van der Waals surface area contributed by atoms with Crippen molar-refractivity contribution in [2.24, 2.45) is 5.92 Å². The molecule has 1 atom stereocenters. The van der Waals surface area contributed by atoms with E-state index in [2.05, 4.69) is 26.9 Å². The second-order valence-electron chi connectivity index (χ2n) is 7.95. The second-order valence-corrected chi connectivity index (χ2v) is 7.95. The van der Waals surface area contributed by atoms with Crippen molar-refractivity contribution >= 4 is 5.91 Å². The number of hydrogen-bond acceptors (Lipinski definition) is 5. The number of nitrogens with zero attached hydrogens (tertiary/aromatic N) is 4. The first kappa shape index (κ1) is 20.2. The van der Waals surface area contributed by atoms with Gasteiger partial charge in [-0.15, -0.1) is 0 Å². The molecule has 3 heterocycles. The van der Waals surface area contributed by atoms with Crippen LogP contribution in [-0.2, 0) is 16.1 Å². The van der Waals surface area contributed by atoms with Gasteiger partial charge in [0.25, 0.3) is 0 Å². The van der Waals surface area contributed by atoms with Gasteiger partial charge in [0.2, 0.25) is 5.91 Å². The molecular formula is C21H34N4O2. The highest BCUT2D eigenvalue weighted by Crippen LogP contribution is 2.25. The third-order valence-corrected chi connectivity index (χ3v) is 6.04. The van der Waals surface area contributed by atoms with Crippen molar-refractivity contribution < 1.29 is 9.53 Å². The first-order chi connectivity index (χ1) is 13.2. The number of pyridine rings is 1. The van der Waals surface area contributed by atoms with E-state index < -0.39 is 0 Å². The van der Waals surface area contributed by atoms with Crippen LogP contribution < -0.4 is 0 Å². The molecule has 0 aromatic carbocycles. The van der Waals surface area contributed by atoms with Gasteiger partial charge < -0.3 is 9.64 Å². The lowest BCUT2D eigenvalue weighted by Crippen LogP contribution is -2.51. The van der Waals surface area contributed by atoms with Crippen LogP contribution >= 0.6 is 0 Å². The van der Waals surface area contributed by atoms with Crippen LogP contribution in [0.3, 0.4) is 0 Å². The van der Waals surface area contributed by atoms with Gasteiger partial charge in [0.1, 0.15) is 0 Å². The van der Waals surface area contributed by atoms with Gasteiger partial charge in [-0.3, -0.25) is 19.6 Å². The van der Waals surface area contributed by atoms with E-state index >= 15 is 0 Å². The highest BCUT2D eigenvalue weighted by Gasteiger charge is 2.32. The highest BCUT2D eigenvalue weighted by molar-refractivity contribution is 5.78. The van der Waals surface area contributed by atoms with Crippen molar-refractivity contribution in [2.75, 3.05) is 53.5 Å². The van der Waals surface area contributed by atoms with Crippen LogP contribution in [0.15, 0.2) is 24.5 Å². The van der Waals surface area contributed by atoms with Crippen LogP contribution in [0, 0.1) is 5.92 Å². The summed E-state index contributed by atoms with van der Waals surface area (Å²) < 4.78 is 5.11. The summed E-state index contributed by atoms with van der Waals surface area (Å²) in [5.41, 5.74) is 1.34. The van der Waals surface area contributed by atoms with E-state index in [4.69, 9.17) is 4.74 Å². The molecule has 150 valence electrons. The predicted octanol–water partition coefficient (Wildman–Crippen LogP) is 1.86. The van der Waals surface area contributed by atoms with Gasteiger partial charge in [0, 0.05) is 52.2 Å². The molecule has 0 N–H and O–H groups in total. The van der Waals surface area contributed by atoms with Crippen molar-refractivity contribution in [3.05, 3.63) is 30.1 Å². The maximum atomic E-state index is 12.7. The molecule has 2 saturated heterocycles. The summed E-state index contributed by atoms with van der Waals surface area (Å²) >= 11 is 0. The Hall–Kier alpha value is -1.50. The fourth-order valence-electron chi connectivity index (χ4n) is 4.38. The third-order valence-electron chi connectivity index (χ3n) is 6.04. The summed E-state index contributed by atoms with van der Waals surface area (Å²) in [6.45, 7) is 6.63. The minimum absolute atomic E-state index is 0.149. The standard InChI is InChI=1S/C21H34N4O2/c1-23(14-15-27-2)21(26)19-4-3-11-25(17-19)20-7-12-24(13-8-20)16-18-5-9-22-10-6-18/h5-6,9-10,19-20H,3-4,7-8,11-17H2,1-2H3. The van der Waals surface area contributed by atoms with Crippen LogP contribution in [0.1, 0.15) is 31.2 Å². The number of rotatable bonds is 7. The molecule has 1 amide bonds. The number of methoxy groups -OCH3 is 1. The number of ether oxygens (including phenoxy) is 1. The molecule has 0 saturated carbocycles. The average Bonchev–Trinajstić information content (AvgIpc) is 2.73. The van der Waals surface area contributed by atoms with E-state index in [1.807, 2.05) is 24.3 Å². The lowest BCUT2D eigenvalue weighted by Gasteiger charge is -2.42. The van der Waals surface area contributed by atoms with Gasteiger partial charge in [-0.05, 0) is 63.0 Å². The van der Waals surface area contributed by atoms with Gasteiger partial charge in [0.15, 0.2) is 0 Å². The molecule has 1 aromatic rings. The molecule has 0 aliphatic carbocycles. The van der Waals surface area contributed by atoms with Crippen molar-refractivity contribution in [1.29, 1.82) is 0 Å². The van der Waals surface area contributed by atoms with Crippen LogP contribution in [0.2, 0.25) is 0 Å². The van der Waals surface area contributed by atoms with Crippen molar-refractivity contribution in [3.8, 4) is 0 Å². The minimum Gasteiger partial charge on any atom is -0.383 e. The first-order valence-electron chi connectivity index (χ1n) is 10.3. The fraction of sp³-hybridized carbons (Fsp3) is 0.714. The van der Waals surface area contributed by atoms with Gasteiger partial charge in [-0.25, -0.2) is 0 Å². The number of piperidine rings is 2. The maximum Gasteiger partial charge on any atom is 0.226 e. The van der Waals surface area contributed by atoms with Crippen LogP contribution in [0.5, 0.6) is 0 Å². The van der Waals surface area contributed by atoms with E-state index in [0.717, 1.165) is 45.6 Å². The van der Waals surface area contributed by atoms with Gasteiger partial charge in [0.05, 0.1) is 12.5 Å². The third kappa shape index (κ3) is 5.74. The molecule has 1 aromatic heterocycles. The Morgan fingerprint density at radius 3 is 2.67 bits per heavy atom. The molecule has 0 radical (unpaired) electrons. The Bertz CT molecular complexity index is 575. The smallest absolute Gasteiger partial charge is 0.226 e. The molecule has 2 aliphatic heterocycles. The van der Waals surface area contributed by atoms with E-state index in [9.17, 15) is 4.79 Å². The zero-order chi connectivity index (χ0) is 19.1. The van der Waals surface area contributed by atoms with Gasteiger partial charge in [-0.1, -0.05) is 0 Å². The molecule has 2 fully saturated rings. The summed E-state index contributed by atoms with van der Waals surface area (Å²) in [4.78, 5) is 23.8. The fourth-order valence-corrected chi connectivity index (χ4v) is 4.38.